The van der Waals surface area contributed by atoms with E-state index in [-0.39, 0.29) is 36.1 Å². The topological polar surface area (TPSA) is 44.4 Å². The predicted octanol–water partition coefficient (Wildman–Crippen LogP) is 4.69. The molecule has 2 N–H and O–H groups in total. The summed E-state index contributed by atoms with van der Waals surface area (Å²) in [4.78, 5) is 14.7. The van der Waals surface area contributed by atoms with E-state index < -0.39 is 0 Å². The Kier molecular flexibility index (Phi) is 10.8. The normalized spacial score (nSPS) is 18.5. The molecule has 0 aliphatic carbocycles. The summed E-state index contributed by atoms with van der Waals surface area (Å²) < 4.78 is 0. The first-order chi connectivity index (χ1) is 12.9. The first-order valence-corrected chi connectivity index (χ1v) is 10.8. The van der Waals surface area contributed by atoms with Crippen molar-refractivity contribution >= 4 is 36.4 Å². The van der Waals surface area contributed by atoms with Crippen molar-refractivity contribution in [2.75, 3.05) is 31.1 Å². The number of anilines is 1. The molecule has 2 heterocycles. The Morgan fingerprint density at radius 2 is 1.62 bits per heavy atom. The smallest absolute Gasteiger partial charge is 0.220 e. The largest absolute Gasteiger partial charge is 0.371 e. The molecule has 0 atom stereocenters. The van der Waals surface area contributed by atoms with E-state index in [1.165, 1.54) is 24.1 Å². The maximum absolute atomic E-state index is 12.3. The van der Waals surface area contributed by atoms with Crippen molar-refractivity contribution in [2.24, 2.45) is 5.92 Å². The Labute approximate surface area is 189 Å². The van der Waals surface area contributed by atoms with Gasteiger partial charge < -0.3 is 15.5 Å². The zero-order valence-electron chi connectivity index (χ0n) is 18.2. The van der Waals surface area contributed by atoms with Crippen molar-refractivity contribution in [1.29, 1.82) is 0 Å². The molecular weight excluding hydrogens is 405 g/mol. The van der Waals surface area contributed by atoms with E-state index in [4.69, 9.17) is 0 Å². The number of halogens is 2. The highest BCUT2D eigenvalue weighted by atomic mass is 35.5. The third-order valence-electron chi connectivity index (χ3n) is 6.20. The number of hydrogen-bond acceptors (Lipinski definition) is 3. The van der Waals surface area contributed by atoms with E-state index in [0.29, 0.717) is 12.5 Å². The van der Waals surface area contributed by atoms with Crippen molar-refractivity contribution in [1.82, 2.24) is 10.6 Å². The fraction of sp³-hybridized carbons (Fsp3) is 0.696. The summed E-state index contributed by atoms with van der Waals surface area (Å²) in [6, 6.07) is 9.35. The van der Waals surface area contributed by atoms with Gasteiger partial charge in [0.2, 0.25) is 5.91 Å². The van der Waals surface area contributed by atoms with Crippen LogP contribution in [0.25, 0.3) is 0 Å². The molecule has 0 bridgehead atoms. The van der Waals surface area contributed by atoms with Crippen LogP contribution >= 0.6 is 24.8 Å². The monoisotopic (exact) mass is 443 g/mol. The van der Waals surface area contributed by atoms with Crippen molar-refractivity contribution in [3.8, 4) is 0 Å². The summed E-state index contributed by atoms with van der Waals surface area (Å²) >= 11 is 0. The van der Waals surface area contributed by atoms with Gasteiger partial charge in [0.05, 0.1) is 0 Å². The fourth-order valence-electron chi connectivity index (χ4n) is 4.26. The van der Waals surface area contributed by atoms with Crippen molar-refractivity contribution in [3.63, 3.8) is 0 Å². The summed E-state index contributed by atoms with van der Waals surface area (Å²) in [5.41, 5.74) is 2.88. The van der Waals surface area contributed by atoms with Gasteiger partial charge in [0.1, 0.15) is 0 Å². The first-order valence-electron chi connectivity index (χ1n) is 10.8. The first kappa shape index (κ1) is 26.1. The minimum absolute atomic E-state index is 0. The van der Waals surface area contributed by atoms with E-state index in [1.807, 2.05) is 0 Å². The standard InChI is InChI=1S/C23H37N3O.2ClH/c1-23(2,3)19-5-7-21(8-6-19)26-16-12-20(13-17-26)25-22(27)9-4-18-10-14-24-15-11-18;;/h5-8,18,20,24H,4,9-17H2,1-3H3,(H,25,27);2*1H. The van der Waals surface area contributed by atoms with Crippen LogP contribution in [-0.2, 0) is 10.2 Å². The molecule has 0 radical (unpaired) electrons. The summed E-state index contributed by atoms with van der Waals surface area (Å²) in [5.74, 6) is 0.983. The molecule has 29 heavy (non-hydrogen) atoms. The Bertz CT molecular complexity index is 602. The van der Waals surface area contributed by atoms with Crippen LogP contribution in [0.15, 0.2) is 24.3 Å². The highest BCUT2D eigenvalue weighted by Gasteiger charge is 2.22. The van der Waals surface area contributed by atoms with Gasteiger partial charge in [-0.05, 0) is 74.2 Å². The predicted molar refractivity (Wildman–Crippen MR) is 128 cm³/mol. The van der Waals surface area contributed by atoms with Gasteiger partial charge in [-0.15, -0.1) is 24.8 Å². The number of nitrogens with zero attached hydrogens (tertiary/aromatic N) is 1. The third-order valence-corrected chi connectivity index (χ3v) is 6.20. The lowest BCUT2D eigenvalue weighted by molar-refractivity contribution is -0.122. The van der Waals surface area contributed by atoms with Crippen LogP contribution in [0.4, 0.5) is 5.69 Å². The van der Waals surface area contributed by atoms with Gasteiger partial charge in [-0.25, -0.2) is 0 Å². The molecule has 0 spiro atoms. The van der Waals surface area contributed by atoms with Crippen LogP contribution in [0, 0.1) is 5.92 Å². The summed E-state index contributed by atoms with van der Waals surface area (Å²) in [6.07, 6.45) is 6.27. The number of piperidine rings is 2. The zero-order chi connectivity index (χ0) is 19.3. The maximum Gasteiger partial charge on any atom is 0.220 e. The van der Waals surface area contributed by atoms with Gasteiger partial charge in [0.15, 0.2) is 0 Å². The molecule has 0 saturated carbocycles. The molecule has 4 nitrogen and oxygen atoms in total. The summed E-state index contributed by atoms with van der Waals surface area (Å²) in [5, 5.41) is 6.67. The van der Waals surface area contributed by atoms with Crippen LogP contribution in [0.3, 0.4) is 0 Å². The van der Waals surface area contributed by atoms with Gasteiger partial charge >= 0.3 is 0 Å². The second-order valence-electron chi connectivity index (χ2n) is 9.36. The van der Waals surface area contributed by atoms with E-state index in [0.717, 1.165) is 51.4 Å². The molecule has 2 aliphatic rings. The summed E-state index contributed by atoms with van der Waals surface area (Å²) in [6.45, 7) is 11.0. The number of rotatable bonds is 5. The van der Waals surface area contributed by atoms with Crippen LogP contribution in [0.1, 0.15) is 64.9 Å². The molecular formula is C23H39Cl2N3O. The number of carbonyl (C=O) groups excluding carboxylic acids is 1. The number of amides is 1. The molecule has 2 aliphatic heterocycles. The Morgan fingerprint density at radius 1 is 1.03 bits per heavy atom. The third kappa shape index (κ3) is 7.99. The number of benzene rings is 1. The van der Waals surface area contributed by atoms with E-state index >= 15 is 0 Å². The fourth-order valence-corrected chi connectivity index (χ4v) is 4.26. The van der Waals surface area contributed by atoms with E-state index in [2.05, 4.69) is 60.6 Å². The quantitative estimate of drug-likeness (QED) is 0.693. The Hall–Kier alpha value is -0.970. The Morgan fingerprint density at radius 3 is 2.17 bits per heavy atom. The van der Waals surface area contributed by atoms with Crippen LogP contribution in [0.5, 0.6) is 0 Å². The Balaban J connectivity index is 0.00000210. The summed E-state index contributed by atoms with van der Waals surface area (Å²) in [7, 11) is 0. The lowest BCUT2D eigenvalue weighted by atomic mass is 9.87. The van der Waals surface area contributed by atoms with E-state index in [1.54, 1.807) is 0 Å². The van der Waals surface area contributed by atoms with Crippen molar-refractivity contribution in [3.05, 3.63) is 29.8 Å². The van der Waals surface area contributed by atoms with E-state index in [9.17, 15) is 4.79 Å². The van der Waals surface area contributed by atoms with Gasteiger partial charge in [-0.2, -0.15) is 0 Å². The molecule has 0 aromatic heterocycles. The van der Waals surface area contributed by atoms with Crippen molar-refractivity contribution < 1.29 is 4.79 Å². The highest BCUT2D eigenvalue weighted by Crippen LogP contribution is 2.26. The number of hydrogen-bond donors (Lipinski definition) is 2. The van der Waals surface area contributed by atoms with Crippen molar-refractivity contribution in [2.45, 2.75) is 70.8 Å². The average Bonchev–Trinajstić information content (AvgIpc) is 2.67. The van der Waals surface area contributed by atoms with Gasteiger partial charge in [-0.3, -0.25) is 4.79 Å². The second-order valence-corrected chi connectivity index (χ2v) is 9.36. The van der Waals surface area contributed by atoms with Crippen LogP contribution < -0.4 is 15.5 Å². The minimum Gasteiger partial charge on any atom is -0.371 e. The molecule has 2 saturated heterocycles. The molecule has 1 aromatic carbocycles. The molecule has 2 fully saturated rings. The van der Waals surface area contributed by atoms with Gasteiger partial charge in [0.25, 0.3) is 0 Å². The molecule has 166 valence electrons. The SMILES string of the molecule is CC(C)(C)c1ccc(N2CCC(NC(=O)CCC3CCNCC3)CC2)cc1.Cl.Cl. The number of nitrogens with one attached hydrogen (secondary N) is 2. The minimum atomic E-state index is 0. The zero-order valence-corrected chi connectivity index (χ0v) is 19.8. The lowest BCUT2D eigenvalue weighted by Gasteiger charge is -2.34. The van der Waals surface area contributed by atoms with Crippen LogP contribution in [-0.4, -0.2) is 38.1 Å². The lowest BCUT2D eigenvalue weighted by Crippen LogP contribution is -2.44. The van der Waals surface area contributed by atoms with Crippen LogP contribution in [0.2, 0.25) is 0 Å². The maximum atomic E-state index is 12.3. The highest BCUT2D eigenvalue weighted by molar-refractivity contribution is 5.85. The molecule has 1 amide bonds. The number of carbonyl (C=O) groups is 1. The second kappa shape index (κ2) is 12.0. The molecule has 3 rings (SSSR count). The van der Waals surface area contributed by atoms with Gasteiger partial charge in [-0.1, -0.05) is 32.9 Å². The molecule has 6 heteroatoms. The average molecular weight is 444 g/mol. The molecule has 1 aromatic rings. The van der Waals surface area contributed by atoms with Gasteiger partial charge in [0, 0.05) is 31.2 Å². The molecule has 0 unspecified atom stereocenters.